The van der Waals surface area contributed by atoms with E-state index in [9.17, 15) is 4.39 Å². The van der Waals surface area contributed by atoms with Gasteiger partial charge in [0.2, 0.25) is 0 Å². The van der Waals surface area contributed by atoms with Gasteiger partial charge in [-0.2, -0.15) is 0 Å². The lowest BCUT2D eigenvalue weighted by molar-refractivity contribution is 0.282. The Balaban J connectivity index is 2.21. The zero-order valence-corrected chi connectivity index (χ0v) is 9.68. The van der Waals surface area contributed by atoms with E-state index >= 15 is 0 Å². The fraction of sp³-hybridized carbons (Fsp3) is 0.0667. The van der Waals surface area contributed by atoms with Gasteiger partial charge >= 0.3 is 0 Å². The standard InChI is InChI=1S/C15H12FNO/c16-13-5-4-12-6-7-17(15(12)9-13)14-3-1-2-11(8-14)10-18/h1-9,18H,10H2. The van der Waals surface area contributed by atoms with Crippen molar-refractivity contribution in [3.05, 3.63) is 66.1 Å². The summed E-state index contributed by atoms with van der Waals surface area (Å²) in [5.74, 6) is -0.249. The van der Waals surface area contributed by atoms with Crippen molar-refractivity contribution in [2.45, 2.75) is 6.61 Å². The summed E-state index contributed by atoms with van der Waals surface area (Å²) in [5.41, 5.74) is 2.58. The van der Waals surface area contributed by atoms with Crippen LogP contribution in [-0.2, 0) is 6.61 Å². The highest BCUT2D eigenvalue weighted by atomic mass is 19.1. The predicted molar refractivity (Wildman–Crippen MR) is 69.2 cm³/mol. The predicted octanol–water partition coefficient (Wildman–Crippen LogP) is 3.26. The van der Waals surface area contributed by atoms with Gasteiger partial charge in [-0.25, -0.2) is 4.39 Å². The molecule has 90 valence electrons. The van der Waals surface area contributed by atoms with Gasteiger partial charge in [-0.15, -0.1) is 0 Å². The molecule has 1 heterocycles. The topological polar surface area (TPSA) is 25.2 Å². The summed E-state index contributed by atoms with van der Waals surface area (Å²) in [4.78, 5) is 0. The fourth-order valence-corrected chi connectivity index (χ4v) is 2.13. The third-order valence-electron chi connectivity index (χ3n) is 3.03. The Labute approximate surface area is 104 Å². The highest BCUT2D eigenvalue weighted by Gasteiger charge is 2.04. The Morgan fingerprint density at radius 1 is 1.06 bits per heavy atom. The summed E-state index contributed by atoms with van der Waals surface area (Å²) in [6, 6.07) is 14.2. The van der Waals surface area contributed by atoms with Crippen molar-refractivity contribution in [3.8, 4) is 5.69 Å². The molecule has 2 nitrogen and oxygen atoms in total. The maximum Gasteiger partial charge on any atom is 0.125 e. The molecular formula is C15H12FNO. The second-order valence-corrected chi connectivity index (χ2v) is 4.22. The smallest absolute Gasteiger partial charge is 0.125 e. The number of rotatable bonds is 2. The number of benzene rings is 2. The van der Waals surface area contributed by atoms with Crippen molar-refractivity contribution in [2.24, 2.45) is 0 Å². The molecule has 0 fully saturated rings. The number of hydrogen-bond acceptors (Lipinski definition) is 1. The maximum absolute atomic E-state index is 13.3. The van der Waals surface area contributed by atoms with E-state index in [1.54, 1.807) is 6.07 Å². The molecule has 0 unspecified atom stereocenters. The largest absolute Gasteiger partial charge is 0.392 e. The molecule has 0 amide bonds. The molecule has 0 saturated carbocycles. The van der Waals surface area contributed by atoms with Crippen LogP contribution in [0, 0.1) is 5.82 Å². The van der Waals surface area contributed by atoms with Crippen molar-refractivity contribution in [1.29, 1.82) is 0 Å². The first-order valence-electron chi connectivity index (χ1n) is 5.75. The molecule has 3 rings (SSSR count). The highest BCUT2D eigenvalue weighted by molar-refractivity contribution is 5.82. The first-order chi connectivity index (χ1) is 8.78. The molecule has 0 aliphatic rings. The summed E-state index contributed by atoms with van der Waals surface area (Å²) < 4.78 is 15.2. The Bertz CT molecular complexity index is 703. The third kappa shape index (κ3) is 1.79. The Morgan fingerprint density at radius 2 is 1.94 bits per heavy atom. The molecule has 0 aliphatic heterocycles. The molecule has 0 spiro atoms. The number of aromatic nitrogens is 1. The lowest BCUT2D eigenvalue weighted by Gasteiger charge is -2.07. The summed E-state index contributed by atoms with van der Waals surface area (Å²) >= 11 is 0. The van der Waals surface area contributed by atoms with Crippen molar-refractivity contribution in [1.82, 2.24) is 4.57 Å². The lowest BCUT2D eigenvalue weighted by Crippen LogP contribution is -1.94. The van der Waals surface area contributed by atoms with Gasteiger partial charge in [-0.1, -0.05) is 12.1 Å². The van der Waals surface area contributed by atoms with E-state index < -0.39 is 0 Å². The second-order valence-electron chi connectivity index (χ2n) is 4.22. The third-order valence-corrected chi connectivity index (χ3v) is 3.03. The van der Waals surface area contributed by atoms with Crippen molar-refractivity contribution < 1.29 is 9.50 Å². The van der Waals surface area contributed by atoms with Gasteiger partial charge in [-0.05, 0) is 42.0 Å². The average Bonchev–Trinajstić information content (AvgIpc) is 2.81. The van der Waals surface area contributed by atoms with Gasteiger partial charge in [0.1, 0.15) is 5.82 Å². The minimum Gasteiger partial charge on any atom is -0.392 e. The molecule has 18 heavy (non-hydrogen) atoms. The summed E-state index contributed by atoms with van der Waals surface area (Å²) in [7, 11) is 0. The number of aliphatic hydroxyl groups excluding tert-OH is 1. The van der Waals surface area contributed by atoms with E-state index in [0.717, 1.165) is 22.2 Å². The number of fused-ring (bicyclic) bond motifs is 1. The van der Waals surface area contributed by atoms with Gasteiger partial charge in [0.15, 0.2) is 0 Å². The number of hydrogen-bond donors (Lipinski definition) is 1. The summed E-state index contributed by atoms with van der Waals surface area (Å²) in [6.07, 6.45) is 1.90. The molecule has 0 atom stereocenters. The summed E-state index contributed by atoms with van der Waals surface area (Å²) in [6.45, 7) is 0.00139. The zero-order chi connectivity index (χ0) is 12.5. The van der Waals surface area contributed by atoms with E-state index in [2.05, 4.69) is 0 Å². The van der Waals surface area contributed by atoms with Crippen LogP contribution in [0.3, 0.4) is 0 Å². The fourth-order valence-electron chi connectivity index (χ4n) is 2.13. The van der Waals surface area contributed by atoms with Crippen LogP contribution in [0.5, 0.6) is 0 Å². The van der Waals surface area contributed by atoms with E-state index in [4.69, 9.17) is 5.11 Å². The minimum absolute atomic E-state index is 0.00139. The molecule has 0 saturated heterocycles. The first-order valence-corrected chi connectivity index (χ1v) is 5.75. The quantitative estimate of drug-likeness (QED) is 0.732. The minimum atomic E-state index is -0.249. The average molecular weight is 241 g/mol. The Kier molecular flexibility index (Phi) is 2.61. The molecule has 0 radical (unpaired) electrons. The molecule has 1 aromatic heterocycles. The van der Waals surface area contributed by atoms with Gasteiger partial charge < -0.3 is 9.67 Å². The van der Waals surface area contributed by atoms with E-state index in [-0.39, 0.29) is 12.4 Å². The second kappa shape index (κ2) is 4.27. The molecule has 3 heteroatoms. The van der Waals surface area contributed by atoms with Crippen molar-refractivity contribution >= 4 is 10.9 Å². The summed E-state index contributed by atoms with van der Waals surface area (Å²) in [5, 5.41) is 10.1. The van der Waals surface area contributed by atoms with Crippen LogP contribution in [0.2, 0.25) is 0 Å². The molecule has 0 bridgehead atoms. The van der Waals surface area contributed by atoms with Crippen molar-refractivity contribution in [2.75, 3.05) is 0 Å². The monoisotopic (exact) mass is 241 g/mol. The van der Waals surface area contributed by atoms with Crippen LogP contribution >= 0.6 is 0 Å². The normalized spacial score (nSPS) is 11.0. The van der Waals surface area contributed by atoms with Crippen LogP contribution in [0.25, 0.3) is 16.6 Å². The van der Waals surface area contributed by atoms with Gasteiger partial charge in [-0.3, -0.25) is 0 Å². The zero-order valence-electron chi connectivity index (χ0n) is 9.68. The van der Waals surface area contributed by atoms with E-state index in [1.807, 2.05) is 41.1 Å². The van der Waals surface area contributed by atoms with Gasteiger partial charge in [0.05, 0.1) is 12.1 Å². The van der Waals surface area contributed by atoms with E-state index in [0.29, 0.717) is 0 Å². The Hall–Kier alpha value is -2.13. The lowest BCUT2D eigenvalue weighted by atomic mass is 10.2. The van der Waals surface area contributed by atoms with Crippen molar-refractivity contribution in [3.63, 3.8) is 0 Å². The molecule has 2 aromatic carbocycles. The van der Waals surface area contributed by atoms with Crippen LogP contribution < -0.4 is 0 Å². The van der Waals surface area contributed by atoms with Gasteiger partial charge in [0, 0.05) is 17.3 Å². The highest BCUT2D eigenvalue weighted by Crippen LogP contribution is 2.22. The molecule has 1 N–H and O–H groups in total. The Morgan fingerprint density at radius 3 is 2.78 bits per heavy atom. The van der Waals surface area contributed by atoms with Crippen LogP contribution in [0.1, 0.15) is 5.56 Å². The van der Waals surface area contributed by atoms with Crippen LogP contribution in [0.15, 0.2) is 54.7 Å². The molecular weight excluding hydrogens is 229 g/mol. The first kappa shape index (κ1) is 11.0. The van der Waals surface area contributed by atoms with Gasteiger partial charge in [0.25, 0.3) is 0 Å². The SMILES string of the molecule is OCc1cccc(-n2ccc3ccc(F)cc32)c1. The molecule has 0 aliphatic carbocycles. The number of nitrogens with zero attached hydrogens (tertiary/aromatic N) is 1. The number of halogens is 1. The van der Waals surface area contributed by atoms with Crippen LogP contribution in [-0.4, -0.2) is 9.67 Å². The maximum atomic E-state index is 13.3. The number of aliphatic hydroxyl groups is 1. The van der Waals surface area contributed by atoms with Crippen LogP contribution in [0.4, 0.5) is 4.39 Å². The van der Waals surface area contributed by atoms with E-state index in [1.165, 1.54) is 12.1 Å². The molecule has 3 aromatic rings.